The number of anilines is 1. The van der Waals surface area contributed by atoms with Gasteiger partial charge in [0.2, 0.25) is 0 Å². The highest BCUT2D eigenvalue weighted by Gasteiger charge is 2.40. The number of β-amino-alcohol motifs (C(OH)–C–C–N with tert-alkyl or cyclic N) is 1. The minimum atomic E-state index is -4.13. The molecule has 2 aromatic carbocycles. The molecule has 1 saturated carbocycles. The predicted molar refractivity (Wildman–Crippen MR) is 205 cm³/mol. The first-order valence-corrected chi connectivity index (χ1v) is 21.3. The van der Waals surface area contributed by atoms with E-state index in [0.717, 1.165) is 14.5 Å². The molecule has 1 saturated heterocycles. The Balaban J connectivity index is 0.000000435. The number of esters is 2. The summed E-state index contributed by atoms with van der Waals surface area (Å²) in [4.78, 5) is 22.8. The maximum absolute atomic E-state index is 12.8. The number of rotatable bonds is 11. The summed E-state index contributed by atoms with van der Waals surface area (Å²) in [5, 5.41) is 12.2. The molecule has 1 atom stereocenters. The standard InChI is InChI=1S/C13H15Cl3N2O5S.C12H13Cl3O4S.C4H7Br.CH4/c1-2-23-12(20)7-17-5-9(19)6-18(24(17,21)22)13-10(15)3-8(14)4-11(13)16;1-2-19-12(16)3-4-20(17,18)7-9-10(14)5-8(13)6-11(9)15;5-3-4-1-2-4;/h3-4,9,19H,2,5-7H2,1H3;5-6H,2-4,7H2,1H3;4H,1-3H2;1H4. The molecule has 0 amide bonds. The van der Waals surface area contributed by atoms with E-state index in [1.807, 2.05) is 0 Å². The Labute approximate surface area is 332 Å². The normalized spacial score (nSPS) is 16.9. The highest BCUT2D eigenvalue weighted by atomic mass is 79.9. The average Bonchev–Trinajstić information content (AvgIpc) is 3.82. The van der Waals surface area contributed by atoms with Crippen LogP contribution in [0.2, 0.25) is 30.1 Å². The zero-order chi connectivity index (χ0) is 37.1. The van der Waals surface area contributed by atoms with Crippen LogP contribution in [-0.2, 0) is 44.9 Å². The van der Waals surface area contributed by atoms with Gasteiger partial charge in [-0.15, -0.1) is 0 Å². The molecule has 0 radical (unpaired) electrons. The molecule has 0 bridgehead atoms. The van der Waals surface area contributed by atoms with E-state index in [9.17, 15) is 31.5 Å². The average molecular weight is 928 g/mol. The van der Waals surface area contributed by atoms with E-state index in [1.54, 1.807) is 13.8 Å². The largest absolute Gasteiger partial charge is 0.466 e. The first-order chi connectivity index (χ1) is 22.8. The fourth-order valence-corrected chi connectivity index (χ4v) is 9.98. The van der Waals surface area contributed by atoms with E-state index >= 15 is 0 Å². The van der Waals surface area contributed by atoms with Crippen LogP contribution in [0.15, 0.2) is 24.3 Å². The van der Waals surface area contributed by atoms with Crippen molar-refractivity contribution in [3.63, 3.8) is 0 Å². The van der Waals surface area contributed by atoms with E-state index in [0.29, 0.717) is 5.02 Å². The maximum atomic E-state index is 12.8. The van der Waals surface area contributed by atoms with Crippen LogP contribution in [0.3, 0.4) is 0 Å². The Morgan fingerprint density at radius 2 is 1.36 bits per heavy atom. The van der Waals surface area contributed by atoms with Crippen molar-refractivity contribution in [1.29, 1.82) is 0 Å². The van der Waals surface area contributed by atoms with Crippen LogP contribution < -0.4 is 4.31 Å². The highest BCUT2D eigenvalue weighted by molar-refractivity contribution is 9.09. The summed E-state index contributed by atoms with van der Waals surface area (Å²) in [6.45, 7) is 2.59. The van der Waals surface area contributed by atoms with Crippen LogP contribution >= 0.6 is 85.5 Å². The van der Waals surface area contributed by atoms with Gasteiger partial charge in [0.05, 0.1) is 59.5 Å². The van der Waals surface area contributed by atoms with Crippen molar-refractivity contribution in [1.82, 2.24) is 4.31 Å². The molecule has 1 aliphatic carbocycles. The third kappa shape index (κ3) is 15.3. The molecule has 2 aromatic rings. The Morgan fingerprint density at radius 3 is 1.80 bits per heavy atom. The summed E-state index contributed by atoms with van der Waals surface area (Å²) in [7, 11) is -7.65. The van der Waals surface area contributed by atoms with Crippen molar-refractivity contribution in [2.24, 2.45) is 5.92 Å². The first-order valence-electron chi connectivity index (χ1n) is 14.7. The summed E-state index contributed by atoms with van der Waals surface area (Å²) in [6, 6.07) is 5.53. The second-order valence-corrected chi connectivity index (χ2v) is 17.8. The maximum Gasteiger partial charge on any atom is 0.321 e. The van der Waals surface area contributed by atoms with Gasteiger partial charge in [0.1, 0.15) is 6.54 Å². The van der Waals surface area contributed by atoms with Crippen LogP contribution in [0, 0.1) is 5.92 Å². The van der Waals surface area contributed by atoms with Gasteiger partial charge in [-0.3, -0.25) is 13.9 Å². The number of halogens is 7. The molecule has 4 rings (SSSR count). The summed E-state index contributed by atoms with van der Waals surface area (Å²) >= 11 is 39.0. The smallest absolute Gasteiger partial charge is 0.321 e. The molecular weight excluding hydrogens is 889 g/mol. The van der Waals surface area contributed by atoms with E-state index in [1.165, 1.54) is 42.4 Å². The molecule has 11 nitrogen and oxygen atoms in total. The molecule has 50 heavy (non-hydrogen) atoms. The number of nitrogens with zero attached hydrogens (tertiary/aromatic N) is 2. The summed E-state index contributed by atoms with van der Waals surface area (Å²) in [5.74, 6) is -0.884. The molecule has 2 fully saturated rings. The monoisotopic (exact) mass is 924 g/mol. The van der Waals surface area contributed by atoms with Crippen molar-refractivity contribution in [3.05, 3.63) is 60.0 Å². The zero-order valence-electron chi connectivity index (χ0n) is 26.3. The van der Waals surface area contributed by atoms with Crippen LogP contribution in [0.25, 0.3) is 0 Å². The molecule has 284 valence electrons. The number of carbonyl (C=O) groups is 2. The zero-order valence-corrected chi connectivity index (χ0v) is 34.1. The molecule has 1 N–H and O–H groups in total. The Morgan fingerprint density at radius 1 is 0.880 bits per heavy atom. The number of alkyl halides is 1. The molecular formula is C30H39BrCl6N2O9S2. The second kappa shape index (κ2) is 21.8. The summed E-state index contributed by atoms with van der Waals surface area (Å²) in [6.07, 6.45) is 1.70. The molecule has 0 spiro atoms. The fourth-order valence-electron chi connectivity index (χ4n) is 4.03. The second-order valence-electron chi connectivity index (χ2n) is 10.6. The van der Waals surface area contributed by atoms with Crippen molar-refractivity contribution in [3.8, 4) is 0 Å². The van der Waals surface area contributed by atoms with Crippen LogP contribution in [0.5, 0.6) is 0 Å². The lowest BCUT2D eigenvalue weighted by atomic mass is 10.2. The van der Waals surface area contributed by atoms with E-state index in [4.69, 9.17) is 74.3 Å². The van der Waals surface area contributed by atoms with Crippen LogP contribution in [0.4, 0.5) is 5.69 Å². The number of aliphatic hydroxyl groups excluding tert-OH is 1. The molecule has 2 aliphatic rings. The van der Waals surface area contributed by atoms with Crippen LogP contribution in [-0.4, -0.2) is 88.2 Å². The van der Waals surface area contributed by atoms with E-state index in [2.05, 4.69) is 20.7 Å². The SMILES string of the molecule is BrCC1CC1.C.CCOC(=O)CCS(=O)(=O)Cc1c(Cl)cc(Cl)cc1Cl.CCOC(=O)CN1CC(O)CN(c2c(Cl)cc(Cl)cc2Cl)S1(=O)=O. The number of aliphatic hydroxyl groups is 1. The van der Waals surface area contributed by atoms with E-state index in [-0.39, 0.29) is 88.0 Å². The number of benzene rings is 2. The van der Waals surface area contributed by atoms with E-state index < -0.39 is 44.6 Å². The lowest BCUT2D eigenvalue weighted by molar-refractivity contribution is -0.144. The number of hydrogen-bond acceptors (Lipinski definition) is 9. The van der Waals surface area contributed by atoms with Gasteiger partial charge < -0.3 is 14.6 Å². The lowest BCUT2D eigenvalue weighted by Gasteiger charge is -2.38. The van der Waals surface area contributed by atoms with Gasteiger partial charge >= 0.3 is 22.1 Å². The fraction of sp³-hybridized carbons (Fsp3) is 0.533. The van der Waals surface area contributed by atoms with Crippen molar-refractivity contribution in [2.45, 2.75) is 52.4 Å². The van der Waals surface area contributed by atoms with Crippen molar-refractivity contribution < 1.29 is 41.0 Å². The number of hydrogen-bond donors (Lipinski definition) is 1. The summed E-state index contributed by atoms with van der Waals surface area (Å²) < 4.78 is 60.5. The Kier molecular flexibility index (Phi) is 20.6. The van der Waals surface area contributed by atoms with Gasteiger partial charge in [-0.2, -0.15) is 12.7 Å². The van der Waals surface area contributed by atoms with Crippen molar-refractivity contribution in [2.75, 3.05) is 48.2 Å². The predicted octanol–water partition coefficient (Wildman–Crippen LogP) is 7.88. The minimum Gasteiger partial charge on any atom is -0.466 e. The minimum absolute atomic E-state index is 0. The van der Waals surface area contributed by atoms with Gasteiger partial charge in [-0.1, -0.05) is 93.0 Å². The first kappa shape index (κ1) is 47.2. The quantitative estimate of drug-likeness (QED) is 0.176. The third-order valence-corrected chi connectivity index (χ3v) is 12.5. The molecule has 0 aromatic heterocycles. The molecule has 1 unspecified atom stereocenters. The molecule has 20 heteroatoms. The van der Waals surface area contributed by atoms with Gasteiger partial charge in [0.15, 0.2) is 9.84 Å². The van der Waals surface area contributed by atoms with Gasteiger partial charge in [0.25, 0.3) is 0 Å². The molecule has 1 aliphatic heterocycles. The third-order valence-electron chi connectivity index (χ3n) is 6.55. The van der Waals surface area contributed by atoms with Crippen molar-refractivity contribution >= 4 is 123 Å². The number of carbonyl (C=O) groups excluding carboxylic acids is 2. The van der Waals surface area contributed by atoms with Gasteiger partial charge in [-0.05, 0) is 56.9 Å². The van der Waals surface area contributed by atoms with Crippen LogP contribution in [0.1, 0.15) is 46.1 Å². The molecule has 1 heterocycles. The number of sulfone groups is 1. The highest BCUT2D eigenvalue weighted by Crippen LogP contribution is 2.39. The summed E-state index contributed by atoms with van der Waals surface area (Å²) in [5.41, 5.74) is 0.275. The topological polar surface area (TPSA) is 148 Å². The number of ether oxygens (including phenoxy) is 2. The van der Waals surface area contributed by atoms with Gasteiger partial charge in [0, 0.05) is 37.5 Å². The Bertz CT molecular complexity index is 1640. The van der Waals surface area contributed by atoms with Gasteiger partial charge in [-0.25, -0.2) is 8.42 Å². The lowest BCUT2D eigenvalue weighted by Crippen LogP contribution is -2.57. The Hall–Kier alpha value is -0.780.